The SMILES string of the molecule is CCCCCCCCCCCC(=O)OC[C@@H]1CC(=O)N2C(Cc3ccc(O)cc3)C(=O)N(Cc3cccc4ccccc34)CC2N1C(=O)NCc1ccccc1. The Hall–Kier alpha value is -5.38. The number of phenols is 1. The molecule has 2 unspecified atom stereocenters. The molecule has 0 aromatic heterocycles. The fourth-order valence-electron chi connectivity index (χ4n) is 8.09. The minimum absolute atomic E-state index is 0.0848. The zero-order valence-electron chi connectivity index (χ0n) is 32.6. The molecule has 0 spiro atoms. The maximum atomic E-state index is 14.5. The van der Waals surface area contributed by atoms with E-state index in [1.165, 1.54) is 38.5 Å². The molecule has 2 heterocycles. The highest BCUT2D eigenvalue weighted by Crippen LogP contribution is 2.33. The number of esters is 1. The van der Waals surface area contributed by atoms with Crippen LogP contribution in [0.3, 0.4) is 0 Å². The van der Waals surface area contributed by atoms with Gasteiger partial charge in [0, 0.05) is 25.9 Å². The van der Waals surface area contributed by atoms with E-state index in [1.54, 1.807) is 39.0 Å². The molecule has 2 saturated heterocycles. The van der Waals surface area contributed by atoms with E-state index in [0.29, 0.717) is 0 Å². The Kier molecular flexibility index (Phi) is 14.4. The molecule has 296 valence electrons. The van der Waals surface area contributed by atoms with Gasteiger partial charge in [0.1, 0.15) is 24.6 Å². The molecule has 0 aliphatic carbocycles. The summed E-state index contributed by atoms with van der Waals surface area (Å²) < 4.78 is 5.81. The van der Waals surface area contributed by atoms with Gasteiger partial charge in [-0.15, -0.1) is 0 Å². The molecule has 4 amide bonds. The van der Waals surface area contributed by atoms with E-state index >= 15 is 0 Å². The van der Waals surface area contributed by atoms with Crippen LogP contribution in [-0.4, -0.2) is 75.0 Å². The number of carbonyl (C=O) groups excluding carboxylic acids is 4. The zero-order valence-corrected chi connectivity index (χ0v) is 32.6. The number of carbonyl (C=O) groups is 4. The summed E-state index contributed by atoms with van der Waals surface area (Å²) in [4.78, 5) is 61.1. The second-order valence-electron chi connectivity index (χ2n) is 15.2. The highest BCUT2D eigenvalue weighted by atomic mass is 16.5. The van der Waals surface area contributed by atoms with Crippen molar-refractivity contribution in [2.24, 2.45) is 0 Å². The Labute approximate surface area is 330 Å². The lowest BCUT2D eigenvalue weighted by Crippen LogP contribution is -2.74. The summed E-state index contributed by atoms with van der Waals surface area (Å²) in [6.45, 7) is 2.72. The Morgan fingerprint density at radius 1 is 0.786 bits per heavy atom. The second-order valence-corrected chi connectivity index (χ2v) is 15.2. The number of nitrogens with zero attached hydrogens (tertiary/aromatic N) is 3. The van der Waals surface area contributed by atoms with Crippen molar-refractivity contribution < 1.29 is 29.0 Å². The van der Waals surface area contributed by atoms with Crippen LogP contribution in [0.1, 0.15) is 94.2 Å². The summed E-state index contributed by atoms with van der Waals surface area (Å²) in [7, 11) is 0. The highest BCUT2D eigenvalue weighted by molar-refractivity contribution is 5.92. The molecule has 2 N–H and O–H groups in total. The van der Waals surface area contributed by atoms with Crippen molar-refractivity contribution >= 4 is 34.6 Å². The first-order valence-corrected chi connectivity index (χ1v) is 20.4. The van der Waals surface area contributed by atoms with Crippen LogP contribution >= 0.6 is 0 Å². The smallest absolute Gasteiger partial charge is 0.319 e. The lowest BCUT2D eigenvalue weighted by Gasteiger charge is -2.54. The van der Waals surface area contributed by atoms with E-state index in [9.17, 15) is 24.3 Å². The van der Waals surface area contributed by atoms with Crippen molar-refractivity contribution in [3.63, 3.8) is 0 Å². The fraction of sp³-hybridized carbons (Fsp3) is 0.435. The number of piperazine rings is 1. The van der Waals surface area contributed by atoms with Crippen LogP contribution in [0.4, 0.5) is 4.79 Å². The third-order valence-electron chi connectivity index (χ3n) is 11.1. The summed E-state index contributed by atoms with van der Waals surface area (Å²) in [6, 6.07) is 28.2. The quantitative estimate of drug-likeness (QED) is 0.0782. The van der Waals surface area contributed by atoms with Crippen LogP contribution in [0.15, 0.2) is 97.1 Å². The van der Waals surface area contributed by atoms with E-state index < -0.39 is 24.3 Å². The predicted molar refractivity (Wildman–Crippen MR) is 217 cm³/mol. The number of ether oxygens (including phenoxy) is 1. The summed E-state index contributed by atoms with van der Waals surface area (Å²) in [5.74, 6) is -0.728. The monoisotopic (exact) mass is 760 g/mol. The average molecular weight is 761 g/mol. The van der Waals surface area contributed by atoms with E-state index in [-0.39, 0.29) is 69.0 Å². The van der Waals surface area contributed by atoms with Gasteiger partial charge in [0.05, 0.1) is 19.0 Å². The third kappa shape index (κ3) is 10.5. The van der Waals surface area contributed by atoms with E-state index in [2.05, 4.69) is 12.2 Å². The number of nitrogens with one attached hydrogen (secondary N) is 1. The van der Waals surface area contributed by atoms with Gasteiger partial charge in [-0.05, 0) is 46.0 Å². The van der Waals surface area contributed by atoms with Crippen molar-refractivity contribution in [2.75, 3.05) is 13.2 Å². The Morgan fingerprint density at radius 3 is 2.21 bits per heavy atom. The van der Waals surface area contributed by atoms with Gasteiger partial charge in [0.2, 0.25) is 11.8 Å². The van der Waals surface area contributed by atoms with Crippen LogP contribution < -0.4 is 5.32 Å². The minimum atomic E-state index is -0.902. The van der Waals surface area contributed by atoms with Gasteiger partial charge in [0.15, 0.2) is 0 Å². The van der Waals surface area contributed by atoms with Gasteiger partial charge < -0.3 is 25.0 Å². The lowest BCUT2D eigenvalue weighted by molar-refractivity contribution is -0.173. The first-order chi connectivity index (χ1) is 27.3. The molecule has 4 aromatic carbocycles. The molecule has 10 nitrogen and oxygen atoms in total. The van der Waals surface area contributed by atoms with Crippen LogP contribution in [0.2, 0.25) is 0 Å². The van der Waals surface area contributed by atoms with Gasteiger partial charge in [0.25, 0.3) is 0 Å². The van der Waals surface area contributed by atoms with Crippen LogP contribution in [0, 0.1) is 0 Å². The number of urea groups is 1. The molecule has 2 aliphatic heterocycles. The van der Waals surface area contributed by atoms with Crippen molar-refractivity contribution in [3.05, 3.63) is 114 Å². The number of fused-ring (bicyclic) bond motifs is 2. The number of hydrogen-bond acceptors (Lipinski definition) is 6. The third-order valence-corrected chi connectivity index (χ3v) is 11.1. The fourth-order valence-corrected chi connectivity index (χ4v) is 8.09. The summed E-state index contributed by atoms with van der Waals surface area (Å²) in [5, 5.41) is 15.1. The van der Waals surface area contributed by atoms with Gasteiger partial charge >= 0.3 is 12.0 Å². The first kappa shape index (κ1) is 40.3. The molecule has 0 saturated carbocycles. The van der Waals surface area contributed by atoms with Gasteiger partial charge in [-0.2, -0.15) is 0 Å². The maximum Gasteiger partial charge on any atom is 0.319 e. The molecule has 4 aromatic rings. The van der Waals surface area contributed by atoms with Crippen LogP contribution in [0.25, 0.3) is 10.8 Å². The first-order valence-electron chi connectivity index (χ1n) is 20.4. The second kappa shape index (κ2) is 20.0. The molecule has 6 rings (SSSR count). The van der Waals surface area contributed by atoms with Gasteiger partial charge in [-0.3, -0.25) is 19.3 Å². The summed E-state index contributed by atoms with van der Waals surface area (Å²) in [5.41, 5.74) is 2.64. The molecule has 0 bridgehead atoms. The Morgan fingerprint density at radius 2 is 1.46 bits per heavy atom. The van der Waals surface area contributed by atoms with Crippen molar-refractivity contribution in [2.45, 2.75) is 115 Å². The lowest BCUT2D eigenvalue weighted by atomic mass is 9.94. The van der Waals surface area contributed by atoms with E-state index in [4.69, 9.17) is 4.74 Å². The highest BCUT2D eigenvalue weighted by Gasteiger charge is 2.52. The number of hydrogen-bond donors (Lipinski definition) is 2. The number of rotatable bonds is 18. The number of amides is 4. The van der Waals surface area contributed by atoms with E-state index in [0.717, 1.165) is 46.7 Å². The summed E-state index contributed by atoms with van der Waals surface area (Å²) >= 11 is 0. The molecule has 0 radical (unpaired) electrons. The molecule has 56 heavy (non-hydrogen) atoms. The Bertz CT molecular complexity index is 1910. The standard InChI is InChI=1S/C46H56N4O6/c1-2-3-4-5-6-7-8-9-13-23-44(53)56-33-38-29-43(52)50-41(28-34-24-26-39(51)27-25-34)45(54)48(31-37-21-16-20-36-19-14-15-22-40(36)37)32-42(50)49(38)46(55)47-30-35-17-11-10-12-18-35/h10-12,14-22,24-27,38,41-42,51H,2-9,13,23,28-33H2,1H3,(H,47,55)/t38-,41?,42?/m0/s1. The van der Waals surface area contributed by atoms with Crippen LogP contribution in [-0.2, 0) is 38.6 Å². The number of aromatic hydroxyl groups is 1. The normalized spacial score (nSPS) is 18.2. The molecular formula is C46H56N4O6. The maximum absolute atomic E-state index is 14.5. The van der Waals surface area contributed by atoms with Crippen molar-refractivity contribution in [3.8, 4) is 5.75 Å². The van der Waals surface area contributed by atoms with E-state index in [1.807, 2.05) is 72.8 Å². The largest absolute Gasteiger partial charge is 0.508 e. The topological polar surface area (TPSA) is 119 Å². The molecule has 2 aliphatic rings. The zero-order chi connectivity index (χ0) is 39.3. The molecule has 10 heteroatoms. The van der Waals surface area contributed by atoms with Crippen molar-refractivity contribution in [1.29, 1.82) is 0 Å². The van der Waals surface area contributed by atoms with Gasteiger partial charge in [-0.25, -0.2) is 4.79 Å². The minimum Gasteiger partial charge on any atom is -0.508 e. The number of phenolic OH excluding ortho intramolecular Hbond substituents is 1. The average Bonchev–Trinajstić information content (AvgIpc) is 3.21. The van der Waals surface area contributed by atoms with Crippen LogP contribution in [0.5, 0.6) is 5.75 Å². The molecular weight excluding hydrogens is 705 g/mol. The molecule has 3 atom stereocenters. The molecule has 2 fully saturated rings. The van der Waals surface area contributed by atoms with Gasteiger partial charge in [-0.1, -0.05) is 143 Å². The summed E-state index contributed by atoms with van der Waals surface area (Å²) in [6.07, 6.45) is 9.80. The number of unbranched alkanes of at least 4 members (excludes halogenated alkanes) is 8. The predicted octanol–water partition coefficient (Wildman–Crippen LogP) is 8.10. The van der Waals surface area contributed by atoms with Crippen molar-refractivity contribution in [1.82, 2.24) is 20.0 Å². The number of benzene rings is 4. The Balaban J connectivity index is 1.23.